The molecule has 1 fully saturated rings. The lowest BCUT2D eigenvalue weighted by atomic mass is 9.77. The molecule has 0 radical (unpaired) electrons. The summed E-state index contributed by atoms with van der Waals surface area (Å²) in [5, 5.41) is 12.6. The number of halogens is 4. The highest BCUT2D eigenvalue weighted by molar-refractivity contribution is 6.09. The molecule has 1 saturated carbocycles. The number of hydrogen-bond acceptors (Lipinski definition) is 7. The van der Waals surface area contributed by atoms with E-state index in [1.165, 1.54) is 26.2 Å². The molecule has 1 aliphatic heterocycles. The number of anilines is 2. The van der Waals surface area contributed by atoms with Crippen molar-refractivity contribution < 1.29 is 27.5 Å². The van der Waals surface area contributed by atoms with Crippen LogP contribution in [-0.4, -0.2) is 35.4 Å². The van der Waals surface area contributed by atoms with Gasteiger partial charge in [0.2, 0.25) is 5.91 Å². The summed E-state index contributed by atoms with van der Waals surface area (Å²) in [7, 11) is 0. The van der Waals surface area contributed by atoms with Gasteiger partial charge in [-0.05, 0) is 37.0 Å². The summed E-state index contributed by atoms with van der Waals surface area (Å²) in [5.74, 6) is -3.27. The molecule has 1 amide bonds. The normalized spacial score (nSPS) is 19.7. The molecule has 0 bridgehead atoms. The molecule has 208 valence electrons. The Morgan fingerprint density at radius 1 is 1.18 bits per heavy atom. The highest BCUT2D eigenvalue weighted by Crippen LogP contribution is 2.47. The lowest BCUT2D eigenvalue weighted by Crippen LogP contribution is -2.33. The fraction of sp³-hybridized carbons (Fsp3) is 0.370. The number of aromatic nitrogens is 5. The standard InChI is InChI=1S/C27H25F4N7O2/c1-26(14-10-15(28)19(18(39)11-14)27(29,30)31)20-21(32)35-22(36-23(20)37-25(26)40)17-12-38-8-7-33-24(38)16(34-17)9-13-5-3-2-4-6-13/h7-8,10-13,39H,2-6,9H2,1H3,(H3,32,35,36,37,40)/t26-/m1/s1. The van der Waals surface area contributed by atoms with Crippen molar-refractivity contribution in [1.82, 2.24) is 24.3 Å². The van der Waals surface area contributed by atoms with Crippen LogP contribution in [0.15, 0.2) is 30.7 Å². The van der Waals surface area contributed by atoms with Crippen LogP contribution in [0, 0.1) is 11.7 Å². The van der Waals surface area contributed by atoms with Gasteiger partial charge in [-0.1, -0.05) is 32.1 Å². The van der Waals surface area contributed by atoms with Crippen molar-refractivity contribution in [2.75, 3.05) is 11.1 Å². The fourth-order valence-electron chi connectivity index (χ4n) is 5.87. The number of benzene rings is 1. The summed E-state index contributed by atoms with van der Waals surface area (Å²) in [6, 6.07) is 1.27. The van der Waals surface area contributed by atoms with Gasteiger partial charge >= 0.3 is 6.18 Å². The van der Waals surface area contributed by atoms with Gasteiger partial charge in [-0.15, -0.1) is 0 Å². The van der Waals surface area contributed by atoms with Gasteiger partial charge in [0.05, 0.1) is 11.3 Å². The molecule has 1 atom stereocenters. The SMILES string of the molecule is C[C@]1(c2cc(O)c(C(F)(F)F)c(F)c2)C(=O)Nc2nc(-c3cn4ccnc4c(CC4CCCCC4)n3)nc(N)c21. The van der Waals surface area contributed by atoms with Crippen LogP contribution < -0.4 is 11.1 Å². The third-order valence-electron chi connectivity index (χ3n) is 7.93. The van der Waals surface area contributed by atoms with Gasteiger partial charge in [0.1, 0.15) is 39.9 Å². The smallest absolute Gasteiger partial charge is 0.422 e. The number of nitrogens with zero attached hydrogens (tertiary/aromatic N) is 5. The van der Waals surface area contributed by atoms with Gasteiger partial charge in [-0.2, -0.15) is 13.2 Å². The average Bonchev–Trinajstić information content (AvgIpc) is 3.46. The van der Waals surface area contributed by atoms with Crippen LogP contribution in [0.25, 0.3) is 17.2 Å². The minimum Gasteiger partial charge on any atom is -0.507 e. The molecule has 0 unspecified atom stereocenters. The highest BCUT2D eigenvalue weighted by Gasteiger charge is 2.49. The van der Waals surface area contributed by atoms with Crippen molar-refractivity contribution in [3.63, 3.8) is 0 Å². The molecule has 6 rings (SSSR count). The summed E-state index contributed by atoms with van der Waals surface area (Å²) >= 11 is 0. The molecule has 0 saturated heterocycles. The number of imidazole rings is 1. The van der Waals surface area contributed by atoms with Gasteiger partial charge in [0.15, 0.2) is 11.5 Å². The molecule has 40 heavy (non-hydrogen) atoms. The maximum atomic E-state index is 14.5. The van der Waals surface area contributed by atoms with E-state index in [9.17, 15) is 27.5 Å². The molecular weight excluding hydrogens is 530 g/mol. The number of hydrogen-bond donors (Lipinski definition) is 3. The van der Waals surface area contributed by atoms with Gasteiger partial charge < -0.3 is 20.6 Å². The lowest BCUT2D eigenvalue weighted by Gasteiger charge is -2.24. The average molecular weight is 556 g/mol. The summed E-state index contributed by atoms with van der Waals surface area (Å²) in [5.41, 5.74) is 4.47. The summed E-state index contributed by atoms with van der Waals surface area (Å²) in [6.45, 7) is 1.35. The van der Waals surface area contributed by atoms with E-state index in [0.717, 1.165) is 30.6 Å². The number of amides is 1. The molecule has 2 aliphatic rings. The number of phenolic OH excluding ortho intramolecular Hbond substituents is 1. The second kappa shape index (κ2) is 9.14. The molecule has 1 aromatic carbocycles. The molecular formula is C27H25F4N7O2. The topological polar surface area (TPSA) is 131 Å². The first kappa shape index (κ1) is 26.0. The molecule has 4 N–H and O–H groups in total. The van der Waals surface area contributed by atoms with E-state index in [0.29, 0.717) is 23.7 Å². The van der Waals surface area contributed by atoms with E-state index in [1.807, 2.05) is 4.40 Å². The fourth-order valence-corrected chi connectivity index (χ4v) is 5.87. The van der Waals surface area contributed by atoms with Crippen molar-refractivity contribution in [3.05, 3.63) is 58.9 Å². The highest BCUT2D eigenvalue weighted by atomic mass is 19.4. The molecule has 3 aromatic heterocycles. The van der Waals surface area contributed by atoms with E-state index in [2.05, 4.69) is 20.3 Å². The molecule has 4 heterocycles. The van der Waals surface area contributed by atoms with Gasteiger partial charge in [-0.25, -0.2) is 24.3 Å². The predicted molar refractivity (Wildman–Crippen MR) is 137 cm³/mol. The Labute approximate surface area is 225 Å². The summed E-state index contributed by atoms with van der Waals surface area (Å²) < 4.78 is 56.0. The Bertz CT molecular complexity index is 1640. The van der Waals surface area contributed by atoms with E-state index in [4.69, 9.17) is 10.7 Å². The Balaban J connectivity index is 1.43. The van der Waals surface area contributed by atoms with E-state index >= 15 is 0 Å². The minimum absolute atomic E-state index is 0.0242. The van der Waals surface area contributed by atoms with Crippen LogP contribution in [0.1, 0.15) is 61.4 Å². The zero-order chi connectivity index (χ0) is 28.4. The Morgan fingerprint density at radius 2 is 1.93 bits per heavy atom. The number of aromatic hydroxyl groups is 1. The Kier molecular flexibility index (Phi) is 5.93. The second-order valence-corrected chi connectivity index (χ2v) is 10.5. The zero-order valence-corrected chi connectivity index (χ0v) is 21.4. The minimum atomic E-state index is -5.13. The monoisotopic (exact) mass is 555 g/mol. The van der Waals surface area contributed by atoms with Crippen LogP contribution in [0.4, 0.5) is 29.2 Å². The first-order valence-corrected chi connectivity index (χ1v) is 12.9. The zero-order valence-electron chi connectivity index (χ0n) is 21.4. The summed E-state index contributed by atoms with van der Waals surface area (Å²) in [4.78, 5) is 31.3. The predicted octanol–water partition coefficient (Wildman–Crippen LogP) is 5.01. The molecule has 9 nitrogen and oxygen atoms in total. The number of carbonyl (C=O) groups excluding carboxylic acids is 1. The second-order valence-electron chi connectivity index (χ2n) is 10.5. The van der Waals surface area contributed by atoms with Gasteiger partial charge in [0.25, 0.3) is 0 Å². The largest absolute Gasteiger partial charge is 0.507 e. The van der Waals surface area contributed by atoms with Crippen LogP contribution in [0.5, 0.6) is 5.75 Å². The lowest BCUT2D eigenvalue weighted by molar-refractivity contribution is -0.141. The van der Waals surface area contributed by atoms with Crippen LogP contribution in [0.3, 0.4) is 0 Å². The van der Waals surface area contributed by atoms with Crippen LogP contribution in [-0.2, 0) is 22.8 Å². The van der Waals surface area contributed by atoms with E-state index in [1.54, 1.807) is 18.6 Å². The van der Waals surface area contributed by atoms with Crippen molar-refractivity contribution in [1.29, 1.82) is 0 Å². The number of fused-ring (bicyclic) bond motifs is 2. The molecule has 13 heteroatoms. The quantitative estimate of drug-likeness (QED) is 0.302. The molecule has 0 spiro atoms. The van der Waals surface area contributed by atoms with E-state index < -0.39 is 34.6 Å². The summed E-state index contributed by atoms with van der Waals surface area (Å²) in [6.07, 6.45) is 6.60. The molecule has 4 aromatic rings. The van der Waals surface area contributed by atoms with Gasteiger partial charge in [-0.3, -0.25) is 4.79 Å². The van der Waals surface area contributed by atoms with Crippen molar-refractivity contribution >= 4 is 23.2 Å². The maximum absolute atomic E-state index is 14.5. The third kappa shape index (κ3) is 4.11. The first-order chi connectivity index (χ1) is 19.0. The van der Waals surface area contributed by atoms with Crippen LogP contribution in [0.2, 0.25) is 0 Å². The third-order valence-corrected chi connectivity index (χ3v) is 7.93. The number of alkyl halides is 3. The maximum Gasteiger partial charge on any atom is 0.422 e. The molecule has 1 aliphatic carbocycles. The number of rotatable bonds is 4. The number of carbonyl (C=O) groups is 1. The number of nitrogen functional groups attached to an aromatic ring is 1. The van der Waals surface area contributed by atoms with Crippen molar-refractivity contribution in [2.45, 2.75) is 57.0 Å². The number of phenols is 1. The first-order valence-electron chi connectivity index (χ1n) is 12.9. The van der Waals surface area contributed by atoms with Gasteiger partial charge in [0, 0.05) is 18.6 Å². The Hall–Kier alpha value is -4.29. The Morgan fingerprint density at radius 3 is 2.62 bits per heavy atom. The number of nitrogens with one attached hydrogen (secondary N) is 1. The number of nitrogens with two attached hydrogens (primary N) is 1. The van der Waals surface area contributed by atoms with E-state index in [-0.39, 0.29) is 28.6 Å². The van der Waals surface area contributed by atoms with Crippen LogP contribution >= 0.6 is 0 Å². The van der Waals surface area contributed by atoms with Crippen molar-refractivity contribution in [2.24, 2.45) is 5.92 Å². The van der Waals surface area contributed by atoms with Crippen molar-refractivity contribution in [3.8, 4) is 17.3 Å².